The molecule has 1 atom stereocenters. The smallest absolute Gasteiger partial charge is 0.164 e. The Morgan fingerprint density at radius 3 is 3.00 bits per heavy atom. The lowest BCUT2D eigenvalue weighted by Crippen LogP contribution is -2.27. The minimum absolute atomic E-state index is 0.351. The van der Waals surface area contributed by atoms with Crippen LogP contribution < -0.4 is 11.1 Å². The van der Waals surface area contributed by atoms with Crippen LogP contribution in [0.5, 0.6) is 0 Å². The zero-order chi connectivity index (χ0) is 11.7. The van der Waals surface area contributed by atoms with Gasteiger partial charge in [-0.25, -0.2) is 15.0 Å². The van der Waals surface area contributed by atoms with Gasteiger partial charge in [-0.15, -0.1) is 0 Å². The molecule has 2 aromatic heterocycles. The fraction of sp³-hybridized carbons (Fsp3) is 0.417. The van der Waals surface area contributed by atoms with Crippen LogP contribution in [0.25, 0.3) is 11.0 Å². The molecule has 5 nitrogen and oxygen atoms in total. The average molecular weight is 229 g/mol. The van der Waals surface area contributed by atoms with Crippen molar-refractivity contribution in [1.82, 2.24) is 20.3 Å². The van der Waals surface area contributed by atoms with Gasteiger partial charge >= 0.3 is 0 Å². The second-order valence-electron chi connectivity index (χ2n) is 4.37. The molecule has 0 unspecified atom stereocenters. The van der Waals surface area contributed by atoms with Gasteiger partial charge in [0.15, 0.2) is 5.65 Å². The van der Waals surface area contributed by atoms with Crippen LogP contribution >= 0.6 is 0 Å². The predicted molar refractivity (Wildman–Crippen MR) is 66.3 cm³/mol. The van der Waals surface area contributed by atoms with Gasteiger partial charge in [0.25, 0.3) is 0 Å². The van der Waals surface area contributed by atoms with Crippen molar-refractivity contribution < 1.29 is 0 Å². The molecule has 1 saturated heterocycles. The molecule has 0 amide bonds. The summed E-state index contributed by atoms with van der Waals surface area (Å²) in [5, 5.41) is 4.30. The van der Waals surface area contributed by atoms with Gasteiger partial charge in [0.1, 0.15) is 12.1 Å². The number of nitrogens with two attached hydrogens (primary N) is 1. The summed E-state index contributed by atoms with van der Waals surface area (Å²) < 4.78 is 0. The maximum atomic E-state index is 5.78. The van der Waals surface area contributed by atoms with E-state index in [0.717, 1.165) is 24.0 Å². The Balaban J connectivity index is 2.01. The number of piperidine rings is 1. The van der Waals surface area contributed by atoms with Crippen molar-refractivity contribution in [3.05, 3.63) is 24.2 Å². The zero-order valence-corrected chi connectivity index (χ0v) is 9.56. The lowest BCUT2D eigenvalue weighted by molar-refractivity contribution is 0.406. The molecule has 0 spiro atoms. The Labute approximate surface area is 99.5 Å². The fourth-order valence-corrected chi connectivity index (χ4v) is 2.28. The Bertz CT molecular complexity index is 533. The number of fused-ring (bicyclic) bond motifs is 1. The van der Waals surface area contributed by atoms with E-state index in [0.29, 0.717) is 17.5 Å². The first-order chi connectivity index (χ1) is 8.34. The predicted octanol–water partition coefficient (Wildman–Crippen LogP) is 1.42. The van der Waals surface area contributed by atoms with E-state index in [-0.39, 0.29) is 0 Å². The maximum Gasteiger partial charge on any atom is 0.164 e. The molecule has 0 bridgehead atoms. The van der Waals surface area contributed by atoms with Gasteiger partial charge in [0.2, 0.25) is 0 Å². The number of nitrogen functional groups attached to an aromatic ring is 1. The molecule has 0 aliphatic carbocycles. The molecule has 0 saturated carbocycles. The Morgan fingerprint density at radius 1 is 1.24 bits per heavy atom. The fourth-order valence-electron chi connectivity index (χ4n) is 2.28. The summed E-state index contributed by atoms with van der Waals surface area (Å²) in [5.41, 5.74) is 7.51. The molecule has 3 N–H and O–H groups in total. The van der Waals surface area contributed by atoms with E-state index < -0.39 is 0 Å². The molecular weight excluding hydrogens is 214 g/mol. The second kappa shape index (κ2) is 4.25. The Hall–Kier alpha value is -1.75. The molecule has 1 aliphatic heterocycles. The molecule has 2 aromatic rings. The largest absolute Gasteiger partial charge is 0.383 e. The Kier molecular flexibility index (Phi) is 2.60. The molecule has 88 valence electrons. The summed E-state index contributed by atoms with van der Waals surface area (Å²) in [5.74, 6) is 0.491. The molecule has 3 heterocycles. The number of aromatic nitrogens is 3. The second-order valence-corrected chi connectivity index (χ2v) is 4.37. The lowest BCUT2D eigenvalue weighted by atomic mass is 10.0. The number of hydrogen-bond acceptors (Lipinski definition) is 5. The topological polar surface area (TPSA) is 76.7 Å². The number of pyridine rings is 1. The van der Waals surface area contributed by atoms with Crippen molar-refractivity contribution in [2.45, 2.75) is 25.3 Å². The summed E-state index contributed by atoms with van der Waals surface area (Å²) in [4.78, 5) is 12.7. The first-order valence-electron chi connectivity index (χ1n) is 5.95. The SMILES string of the molecule is Nc1ncnc2nc([C@H]3CCCCN3)ccc12. The minimum atomic E-state index is 0.351. The van der Waals surface area contributed by atoms with Crippen molar-refractivity contribution in [3.8, 4) is 0 Å². The molecule has 1 aliphatic rings. The summed E-state index contributed by atoms with van der Waals surface area (Å²) in [6.07, 6.45) is 5.10. The average Bonchev–Trinajstić information content (AvgIpc) is 2.40. The van der Waals surface area contributed by atoms with E-state index >= 15 is 0 Å². The van der Waals surface area contributed by atoms with Crippen LogP contribution in [0.2, 0.25) is 0 Å². The van der Waals surface area contributed by atoms with E-state index in [1.165, 1.54) is 19.2 Å². The third-order valence-corrected chi connectivity index (χ3v) is 3.22. The third-order valence-electron chi connectivity index (χ3n) is 3.22. The summed E-state index contributed by atoms with van der Waals surface area (Å²) in [7, 11) is 0. The standard InChI is InChI=1S/C12H15N5/c13-11-8-4-5-10(9-3-1-2-6-14-9)17-12(8)16-7-15-11/h4-5,7,9,14H,1-3,6H2,(H2,13,15,16,17)/t9-/m1/s1. The van der Waals surface area contributed by atoms with Gasteiger partial charge in [-0.1, -0.05) is 6.42 Å². The van der Waals surface area contributed by atoms with Crippen LogP contribution in [-0.4, -0.2) is 21.5 Å². The van der Waals surface area contributed by atoms with Crippen LogP contribution in [0.4, 0.5) is 5.82 Å². The molecule has 0 aromatic carbocycles. The zero-order valence-electron chi connectivity index (χ0n) is 9.56. The summed E-state index contributed by atoms with van der Waals surface area (Å²) in [6.45, 7) is 1.07. The van der Waals surface area contributed by atoms with Crippen LogP contribution in [0.3, 0.4) is 0 Å². The van der Waals surface area contributed by atoms with E-state index in [2.05, 4.69) is 20.3 Å². The van der Waals surface area contributed by atoms with Gasteiger partial charge in [0.05, 0.1) is 11.1 Å². The summed E-state index contributed by atoms with van der Waals surface area (Å²) >= 11 is 0. The number of nitrogens with one attached hydrogen (secondary N) is 1. The van der Waals surface area contributed by atoms with Crippen molar-refractivity contribution in [2.24, 2.45) is 0 Å². The van der Waals surface area contributed by atoms with Gasteiger partial charge < -0.3 is 11.1 Å². The molecule has 0 radical (unpaired) electrons. The van der Waals surface area contributed by atoms with Crippen LogP contribution in [0.1, 0.15) is 31.0 Å². The molecule has 17 heavy (non-hydrogen) atoms. The van der Waals surface area contributed by atoms with Crippen molar-refractivity contribution in [1.29, 1.82) is 0 Å². The summed E-state index contributed by atoms with van der Waals surface area (Å²) in [6, 6.07) is 4.33. The molecular formula is C12H15N5. The first-order valence-corrected chi connectivity index (χ1v) is 5.95. The molecule has 3 rings (SSSR count). The number of anilines is 1. The van der Waals surface area contributed by atoms with E-state index in [9.17, 15) is 0 Å². The van der Waals surface area contributed by atoms with Gasteiger partial charge in [-0.05, 0) is 31.5 Å². The van der Waals surface area contributed by atoms with E-state index in [4.69, 9.17) is 5.73 Å². The normalized spacial score (nSPS) is 20.6. The van der Waals surface area contributed by atoms with E-state index in [1.54, 1.807) is 0 Å². The third kappa shape index (κ3) is 1.93. The highest BCUT2D eigenvalue weighted by Gasteiger charge is 2.16. The van der Waals surface area contributed by atoms with Crippen LogP contribution in [0.15, 0.2) is 18.5 Å². The highest BCUT2D eigenvalue weighted by molar-refractivity contribution is 5.84. The van der Waals surface area contributed by atoms with Crippen molar-refractivity contribution >= 4 is 16.9 Å². The van der Waals surface area contributed by atoms with Crippen LogP contribution in [-0.2, 0) is 0 Å². The highest BCUT2D eigenvalue weighted by Crippen LogP contribution is 2.23. The number of nitrogens with zero attached hydrogens (tertiary/aromatic N) is 3. The lowest BCUT2D eigenvalue weighted by Gasteiger charge is -2.22. The maximum absolute atomic E-state index is 5.78. The molecule has 1 fully saturated rings. The van der Waals surface area contributed by atoms with Gasteiger partial charge in [-0.2, -0.15) is 0 Å². The van der Waals surface area contributed by atoms with Gasteiger partial charge in [0, 0.05) is 6.04 Å². The quantitative estimate of drug-likeness (QED) is 0.773. The van der Waals surface area contributed by atoms with Gasteiger partial charge in [-0.3, -0.25) is 0 Å². The van der Waals surface area contributed by atoms with E-state index in [1.807, 2.05) is 12.1 Å². The molecule has 5 heteroatoms. The monoisotopic (exact) mass is 229 g/mol. The Morgan fingerprint density at radius 2 is 2.18 bits per heavy atom. The minimum Gasteiger partial charge on any atom is -0.383 e. The van der Waals surface area contributed by atoms with Crippen LogP contribution in [0, 0.1) is 0 Å². The first kappa shape index (κ1) is 10.4. The highest BCUT2D eigenvalue weighted by atomic mass is 15.0. The number of rotatable bonds is 1. The number of hydrogen-bond donors (Lipinski definition) is 2. The van der Waals surface area contributed by atoms with Crippen molar-refractivity contribution in [2.75, 3.05) is 12.3 Å². The van der Waals surface area contributed by atoms with Crippen molar-refractivity contribution in [3.63, 3.8) is 0 Å².